The van der Waals surface area contributed by atoms with Crippen LogP contribution in [0.2, 0.25) is 0 Å². The summed E-state index contributed by atoms with van der Waals surface area (Å²) in [6.07, 6.45) is 8.56. The first-order valence-corrected chi connectivity index (χ1v) is 14.2. The Morgan fingerprint density at radius 3 is 1.80 bits per heavy atom. The quantitative estimate of drug-likeness (QED) is 0.223. The monoisotopic (exact) mass is 558 g/mol. The topological polar surface area (TPSA) is 176 Å². The van der Waals surface area contributed by atoms with E-state index < -0.39 is 10.8 Å². The lowest BCUT2D eigenvalue weighted by Crippen LogP contribution is -2.52. The second-order valence-electron chi connectivity index (χ2n) is 11.0. The summed E-state index contributed by atoms with van der Waals surface area (Å²) >= 11 is 0. The van der Waals surface area contributed by atoms with E-state index in [0.717, 1.165) is 74.0 Å². The normalized spacial score (nSPS) is 23.3. The Bertz CT molecular complexity index is 1280. The lowest BCUT2D eigenvalue weighted by atomic mass is 9.53. The molecule has 0 aromatic heterocycles. The molecule has 0 atom stereocenters. The van der Waals surface area contributed by atoms with E-state index in [1.807, 2.05) is 53.4 Å². The second kappa shape index (κ2) is 13.0. The number of nitrogens with one attached hydrogen (secondary N) is 3. The number of hydrogen-bond acceptors (Lipinski definition) is 5. The molecule has 1 heterocycles. The zero-order valence-electron chi connectivity index (χ0n) is 23.8. The molecule has 10 nitrogen and oxygen atoms in total. The van der Waals surface area contributed by atoms with Crippen molar-refractivity contribution in [1.29, 1.82) is 5.41 Å². The van der Waals surface area contributed by atoms with Gasteiger partial charge in [0.05, 0.1) is 12.9 Å². The highest BCUT2D eigenvalue weighted by Gasteiger charge is 2.55. The third-order valence-electron chi connectivity index (χ3n) is 8.86. The van der Waals surface area contributed by atoms with Crippen LogP contribution in [0.5, 0.6) is 0 Å². The Labute approximate surface area is 242 Å². The molecule has 10 heteroatoms. The average Bonchev–Trinajstić information content (AvgIpc) is 3.03. The van der Waals surface area contributed by atoms with Gasteiger partial charge in [-0.3, -0.25) is 20.0 Å². The number of anilines is 2. The van der Waals surface area contributed by atoms with Crippen LogP contribution in [0.25, 0.3) is 5.57 Å². The van der Waals surface area contributed by atoms with E-state index in [2.05, 4.69) is 27.4 Å². The maximum atomic E-state index is 13.4. The molecule has 6 rings (SSSR count). The summed E-state index contributed by atoms with van der Waals surface area (Å²) in [5, 5.41) is 13.8. The molecule has 218 valence electrons. The molecule has 2 aromatic carbocycles. The lowest BCUT2D eigenvalue weighted by molar-refractivity contribution is -0.144. The van der Waals surface area contributed by atoms with E-state index in [9.17, 15) is 9.59 Å². The molecule has 41 heavy (non-hydrogen) atoms. The summed E-state index contributed by atoms with van der Waals surface area (Å²) in [6, 6.07) is 15.7. The van der Waals surface area contributed by atoms with Gasteiger partial charge < -0.3 is 32.7 Å². The number of nitrogens with two attached hydrogens (primary N) is 3. The predicted octanol–water partition coefficient (Wildman–Crippen LogP) is 3.65. The molecular formula is C31H42N8O2. The van der Waals surface area contributed by atoms with Gasteiger partial charge in [0.25, 0.3) is 0 Å². The Hall–Kier alpha value is -4.18. The average molecular weight is 559 g/mol. The molecule has 0 spiro atoms. The Morgan fingerprint density at radius 1 is 0.902 bits per heavy atom. The number of benzene rings is 2. The van der Waals surface area contributed by atoms with E-state index in [1.165, 1.54) is 19.0 Å². The van der Waals surface area contributed by atoms with Crippen LogP contribution >= 0.6 is 0 Å². The molecule has 9 N–H and O–H groups in total. The third kappa shape index (κ3) is 6.59. The predicted molar refractivity (Wildman–Crippen MR) is 165 cm³/mol. The van der Waals surface area contributed by atoms with Crippen LogP contribution in [-0.4, -0.2) is 49.1 Å². The van der Waals surface area contributed by atoms with Crippen LogP contribution in [0.4, 0.5) is 11.4 Å². The van der Waals surface area contributed by atoms with Crippen molar-refractivity contribution in [2.75, 3.05) is 30.8 Å². The number of aliphatic imine (C=N–C) groups is 1. The standard InChI is InChI=1S/C30H37N7O2.CH5N/c31-20-34-19-21-1-5-24(6-2-21)35-26(38)29-11-14-30(15-12-29,16-13-29)27(39)36-25-7-3-22(4-8-25)23-9-17-37(18-10-23)28(32)33;1-2/h1-9,20H,10-19H2,(H2,31,34)(H3,32,33)(H,35,38)(H,36,39);2H2,1H3. The molecule has 2 bridgehead atoms. The number of carbonyl (C=O) groups excluding carboxylic acids is 2. The minimum absolute atomic E-state index is 0.0583. The van der Waals surface area contributed by atoms with Gasteiger partial charge in [0.2, 0.25) is 11.8 Å². The van der Waals surface area contributed by atoms with Crippen LogP contribution in [0.15, 0.2) is 59.6 Å². The molecule has 3 aliphatic carbocycles. The second-order valence-corrected chi connectivity index (χ2v) is 11.0. The van der Waals surface area contributed by atoms with E-state index in [4.69, 9.17) is 16.9 Å². The lowest BCUT2D eigenvalue weighted by Gasteiger charge is -2.51. The fourth-order valence-corrected chi connectivity index (χ4v) is 6.16. The zero-order chi connectivity index (χ0) is 29.5. The minimum atomic E-state index is -0.409. The van der Waals surface area contributed by atoms with Gasteiger partial charge in [0.15, 0.2) is 5.96 Å². The van der Waals surface area contributed by atoms with Crippen molar-refractivity contribution in [2.45, 2.75) is 51.5 Å². The van der Waals surface area contributed by atoms with Crippen LogP contribution in [0.1, 0.15) is 56.1 Å². The van der Waals surface area contributed by atoms with Gasteiger partial charge >= 0.3 is 0 Å². The minimum Gasteiger partial charge on any atom is -0.390 e. The summed E-state index contributed by atoms with van der Waals surface area (Å²) in [5.74, 6) is 0.225. The molecule has 2 aromatic rings. The van der Waals surface area contributed by atoms with Crippen molar-refractivity contribution in [3.8, 4) is 0 Å². The maximum Gasteiger partial charge on any atom is 0.230 e. The van der Waals surface area contributed by atoms with Gasteiger partial charge in [0, 0.05) is 35.3 Å². The van der Waals surface area contributed by atoms with Crippen molar-refractivity contribution < 1.29 is 9.59 Å². The highest BCUT2D eigenvalue weighted by molar-refractivity contribution is 5.98. The fraction of sp³-hybridized carbons (Fsp3) is 0.419. The van der Waals surface area contributed by atoms with Gasteiger partial charge in [0.1, 0.15) is 0 Å². The summed E-state index contributed by atoms with van der Waals surface area (Å²) < 4.78 is 0. The molecule has 0 radical (unpaired) electrons. The molecular weight excluding hydrogens is 516 g/mol. The number of hydrogen-bond donors (Lipinski definition) is 6. The maximum absolute atomic E-state index is 13.4. The van der Waals surface area contributed by atoms with E-state index in [-0.39, 0.29) is 17.8 Å². The first kappa shape index (κ1) is 29.8. The molecule has 3 saturated carbocycles. The van der Waals surface area contributed by atoms with Crippen molar-refractivity contribution in [1.82, 2.24) is 4.90 Å². The van der Waals surface area contributed by atoms with Crippen molar-refractivity contribution in [3.63, 3.8) is 0 Å². The zero-order valence-corrected chi connectivity index (χ0v) is 23.8. The van der Waals surface area contributed by atoms with Gasteiger partial charge in [-0.1, -0.05) is 30.3 Å². The Balaban J connectivity index is 0.00000189. The molecule has 4 aliphatic rings. The molecule has 1 aliphatic heterocycles. The van der Waals surface area contributed by atoms with E-state index in [0.29, 0.717) is 13.1 Å². The highest BCUT2D eigenvalue weighted by Crippen LogP contribution is 2.57. The van der Waals surface area contributed by atoms with Crippen LogP contribution < -0.4 is 27.8 Å². The highest BCUT2D eigenvalue weighted by atomic mass is 16.2. The number of amides is 2. The first-order chi connectivity index (χ1) is 19.8. The molecule has 0 saturated heterocycles. The van der Waals surface area contributed by atoms with Crippen molar-refractivity contribution in [2.24, 2.45) is 33.0 Å². The number of nitrogens with zero attached hydrogens (tertiary/aromatic N) is 2. The Kier molecular flexibility index (Phi) is 9.44. The summed E-state index contributed by atoms with van der Waals surface area (Å²) in [6.45, 7) is 1.89. The Morgan fingerprint density at radius 2 is 1.39 bits per heavy atom. The van der Waals surface area contributed by atoms with Crippen LogP contribution in [-0.2, 0) is 16.1 Å². The van der Waals surface area contributed by atoms with E-state index in [1.54, 1.807) is 0 Å². The summed E-state index contributed by atoms with van der Waals surface area (Å²) in [7, 11) is 1.50. The van der Waals surface area contributed by atoms with Gasteiger partial charge in [-0.15, -0.1) is 0 Å². The first-order valence-electron chi connectivity index (χ1n) is 14.2. The van der Waals surface area contributed by atoms with Crippen LogP contribution in [0, 0.1) is 16.2 Å². The third-order valence-corrected chi connectivity index (χ3v) is 8.86. The number of rotatable bonds is 7. The van der Waals surface area contributed by atoms with Gasteiger partial charge in [-0.2, -0.15) is 0 Å². The number of guanidine groups is 1. The fourth-order valence-electron chi connectivity index (χ4n) is 6.16. The van der Waals surface area contributed by atoms with Gasteiger partial charge in [-0.05, 0) is 93.0 Å². The largest absolute Gasteiger partial charge is 0.390 e. The van der Waals surface area contributed by atoms with Crippen LogP contribution in [0.3, 0.4) is 0 Å². The SMILES string of the molecule is CN.N=C(N)N1CC=C(c2ccc(NC(=O)C34CCC(C(=O)Nc5ccc(CN=CN)cc5)(CC3)CC4)cc2)CC1. The summed E-state index contributed by atoms with van der Waals surface area (Å²) in [4.78, 5) is 32.6. The molecule has 2 amide bonds. The number of carbonyl (C=O) groups is 2. The smallest absolute Gasteiger partial charge is 0.230 e. The number of fused-ring (bicyclic) bond motifs is 3. The van der Waals surface area contributed by atoms with Crippen molar-refractivity contribution >= 4 is 41.1 Å². The summed E-state index contributed by atoms with van der Waals surface area (Å²) in [5.41, 5.74) is 19.5. The van der Waals surface area contributed by atoms with Gasteiger partial charge in [-0.25, -0.2) is 0 Å². The van der Waals surface area contributed by atoms with Crippen molar-refractivity contribution in [3.05, 3.63) is 65.7 Å². The van der Waals surface area contributed by atoms with E-state index >= 15 is 0 Å². The molecule has 0 unspecified atom stereocenters. The molecule has 3 fully saturated rings.